The number of carbonyl (C=O) groups is 1. The zero-order valence-electron chi connectivity index (χ0n) is 12.8. The fraction of sp³-hybridized carbons (Fsp3) is 0.812. The lowest BCUT2D eigenvalue weighted by molar-refractivity contribution is -0.137. The van der Waals surface area contributed by atoms with Crippen molar-refractivity contribution >= 4 is 5.97 Å². The van der Waals surface area contributed by atoms with Crippen LogP contribution >= 0.6 is 0 Å². The number of rotatable bonds is 9. The molecule has 0 bridgehead atoms. The molecule has 0 aliphatic carbocycles. The van der Waals surface area contributed by atoms with Crippen molar-refractivity contribution in [3.05, 3.63) is 12.7 Å². The highest BCUT2D eigenvalue weighted by Gasteiger charge is 2.23. The molecule has 0 saturated carbocycles. The van der Waals surface area contributed by atoms with Crippen molar-refractivity contribution in [2.45, 2.75) is 44.3 Å². The lowest BCUT2D eigenvalue weighted by Gasteiger charge is -2.27. The standard InChI is InChI=1S/C16H27NO4/c1-2-16(18)21-11-5-8-17(12-14-6-3-9-19-14)13-15-7-4-10-20-15/h2,14-15H,1,3-13H2. The van der Waals surface area contributed by atoms with Gasteiger partial charge in [0.1, 0.15) is 0 Å². The maximum absolute atomic E-state index is 11.0. The third-order valence-electron chi connectivity index (χ3n) is 4.00. The van der Waals surface area contributed by atoms with E-state index in [2.05, 4.69) is 11.5 Å². The molecule has 0 amide bonds. The Morgan fingerprint density at radius 2 is 1.81 bits per heavy atom. The number of nitrogens with zero attached hydrogens (tertiary/aromatic N) is 1. The van der Waals surface area contributed by atoms with Crippen LogP contribution in [-0.2, 0) is 19.0 Å². The molecule has 2 fully saturated rings. The van der Waals surface area contributed by atoms with Crippen molar-refractivity contribution < 1.29 is 19.0 Å². The monoisotopic (exact) mass is 297 g/mol. The Hall–Kier alpha value is -0.910. The Balaban J connectivity index is 1.70. The molecule has 0 aromatic rings. The first-order chi connectivity index (χ1) is 10.3. The van der Waals surface area contributed by atoms with Gasteiger partial charge >= 0.3 is 5.97 Å². The van der Waals surface area contributed by atoms with Crippen LogP contribution in [0, 0.1) is 0 Å². The average molecular weight is 297 g/mol. The molecule has 2 aliphatic heterocycles. The van der Waals surface area contributed by atoms with E-state index in [9.17, 15) is 4.79 Å². The summed E-state index contributed by atoms with van der Waals surface area (Å²) in [5.74, 6) is -0.347. The van der Waals surface area contributed by atoms with Crippen LogP contribution in [0.2, 0.25) is 0 Å². The summed E-state index contributed by atoms with van der Waals surface area (Å²) in [6.07, 6.45) is 7.35. The molecule has 5 nitrogen and oxygen atoms in total. The van der Waals surface area contributed by atoms with E-state index >= 15 is 0 Å². The molecule has 2 rings (SSSR count). The third-order valence-corrected chi connectivity index (χ3v) is 4.00. The van der Waals surface area contributed by atoms with E-state index in [0.29, 0.717) is 18.8 Å². The van der Waals surface area contributed by atoms with Gasteiger partial charge in [0.15, 0.2) is 0 Å². The number of ether oxygens (including phenoxy) is 3. The van der Waals surface area contributed by atoms with E-state index in [1.54, 1.807) is 0 Å². The summed E-state index contributed by atoms with van der Waals surface area (Å²) in [5.41, 5.74) is 0. The summed E-state index contributed by atoms with van der Waals surface area (Å²) >= 11 is 0. The van der Waals surface area contributed by atoms with Gasteiger partial charge in [0.25, 0.3) is 0 Å². The van der Waals surface area contributed by atoms with Gasteiger partial charge in [0, 0.05) is 38.9 Å². The van der Waals surface area contributed by atoms with Gasteiger partial charge in [0.2, 0.25) is 0 Å². The molecule has 0 N–H and O–H groups in total. The first kappa shape index (κ1) is 16.5. The highest BCUT2D eigenvalue weighted by molar-refractivity contribution is 5.81. The molecule has 0 aromatic carbocycles. The Kier molecular flexibility index (Phi) is 7.19. The molecule has 0 aromatic heterocycles. The quantitative estimate of drug-likeness (QED) is 0.369. The number of hydrogen-bond acceptors (Lipinski definition) is 5. The summed E-state index contributed by atoms with van der Waals surface area (Å²) in [6, 6.07) is 0. The second-order valence-corrected chi connectivity index (χ2v) is 5.75. The van der Waals surface area contributed by atoms with Crippen LogP contribution in [0.4, 0.5) is 0 Å². The van der Waals surface area contributed by atoms with E-state index in [-0.39, 0.29) is 5.97 Å². The molecular formula is C16H27NO4. The van der Waals surface area contributed by atoms with Crippen molar-refractivity contribution in [3.8, 4) is 0 Å². The van der Waals surface area contributed by atoms with Crippen molar-refractivity contribution in [3.63, 3.8) is 0 Å². The molecule has 120 valence electrons. The second-order valence-electron chi connectivity index (χ2n) is 5.75. The highest BCUT2D eigenvalue weighted by Crippen LogP contribution is 2.17. The molecule has 0 radical (unpaired) electrons. The van der Waals surface area contributed by atoms with Crippen molar-refractivity contribution in [1.82, 2.24) is 4.90 Å². The predicted molar refractivity (Wildman–Crippen MR) is 80.2 cm³/mol. The zero-order chi connectivity index (χ0) is 14.9. The van der Waals surface area contributed by atoms with Crippen LogP contribution in [-0.4, -0.2) is 62.5 Å². The van der Waals surface area contributed by atoms with Crippen molar-refractivity contribution in [2.24, 2.45) is 0 Å². The van der Waals surface area contributed by atoms with E-state index in [1.165, 1.54) is 6.08 Å². The minimum absolute atomic E-state index is 0.347. The van der Waals surface area contributed by atoms with Gasteiger partial charge in [-0.3, -0.25) is 4.90 Å². The molecule has 2 heterocycles. The summed E-state index contributed by atoms with van der Waals surface area (Å²) in [6.45, 7) is 8.42. The largest absolute Gasteiger partial charge is 0.462 e. The van der Waals surface area contributed by atoms with Crippen molar-refractivity contribution in [2.75, 3.05) is 39.5 Å². The van der Waals surface area contributed by atoms with Gasteiger partial charge < -0.3 is 14.2 Å². The fourth-order valence-electron chi connectivity index (χ4n) is 2.93. The first-order valence-electron chi connectivity index (χ1n) is 8.02. The highest BCUT2D eigenvalue weighted by atomic mass is 16.5. The summed E-state index contributed by atoms with van der Waals surface area (Å²) < 4.78 is 16.5. The van der Waals surface area contributed by atoms with Gasteiger partial charge in [0.05, 0.1) is 18.8 Å². The van der Waals surface area contributed by atoms with Crippen LogP contribution in [0.15, 0.2) is 12.7 Å². The normalized spacial score (nSPS) is 25.4. The Morgan fingerprint density at radius 3 is 2.29 bits per heavy atom. The van der Waals surface area contributed by atoms with Gasteiger partial charge in [-0.25, -0.2) is 4.79 Å². The predicted octanol–water partition coefficient (Wildman–Crippen LogP) is 1.77. The number of esters is 1. The lowest BCUT2D eigenvalue weighted by atomic mass is 10.2. The Bertz CT molecular complexity index is 304. The topological polar surface area (TPSA) is 48.0 Å². The number of carbonyl (C=O) groups excluding carboxylic acids is 1. The molecule has 2 atom stereocenters. The minimum Gasteiger partial charge on any atom is -0.462 e. The maximum Gasteiger partial charge on any atom is 0.330 e. The van der Waals surface area contributed by atoms with Gasteiger partial charge in [-0.05, 0) is 32.1 Å². The summed E-state index contributed by atoms with van der Waals surface area (Å²) in [4.78, 5) is 13.4. The van der Waals surface area contributed by atoms with Gasteiger partial charge in [-0.2, -0.15) is 0 Å². The second kappa shape index (κ2) is 9.18. The smallest absolute Gasteiger partial charge is 0.330 e. The molecule has 0 spiro atoms. The Labute approximate surface area is 127 Å². The SMILES string of the molecule is C=CC(=O)OCCCN(CC1CCCO1)CC1CCCO1. The van der Waals surface area contributed by atoms with E-state index < -0.39 is 0 Å². The van der Waals surface area contributed by atoms with Crippen LogP contribution < -0.4 is 0 Å². The fourth-order valence-corrected chi connectivity index (χ4v) is 2.93. The van der Waals surface area contributed by atoms with Crippen LogP contribution in [0.25, 0.3) is 0 Å². The van der Waals surface area contributed by atoms with Gasteiger partial charge in [-0.1, -0.05) is 6.58 Å². The van der Waals surface area contributed by atoms with Crippen molar-refractivity contribution in [1.29, 1.82) is 0 Å². The summed E-state index contributed by atoms with van der Waals surface area (Å²) in [7, 11) is 0. The minimum atomic E-state index is -0.347. The van der Waals surface area contributed by atoms with E-state index in [0.717, 1.165) is 65.0 Å². The molecule has 2 saturated heterocycles. The van der Waals surface area contributed by atoms with Crippen LogP contribution in [0.3, 0.4) is 0 Å². The average Bonchev–Trinajstić information content (AvgIpc) is 3.16. The van der Waals surface area contributed by atoms with Crippen LogP contribution in [0.1, 0.15) is 32.1 Å². The molecule has 2 aliphatic rings. The molecule has 5 heteroatoms. The maximum atomic E-state index is 11.0. The summed E-state index contributed by atoms with van der Waals surface area (Å²) in [5, 5.41) is 0. The number of hydrogen-bond donors (Lipinski definition) is 0. The Morgan fingerprint density at radius 1 is 1.19 bits per heavy atom. The van der Waals surface area contributed by atoms with Gasteiger partial charge in [-0.15, -0.1) is 0 Å². The molecule has 21 heavy (non-hydrogen) atoms. The van der Waals surface area contributed by atoms with E-state index in [1.807, 2.05) is 0 Å². The van der Waals surface area contributed by atoms with Crippen LogP contribution in [0.5, 0.6) is 0 Å². The zero-order valence-corrected chi connectivity index (χ0v) is 12.8. The molecule has 2 unspecified atom stereocenters. The lowest BCUT2D eigenvalue weighted by Crippen LogP contribution is -2.38. The molecular weight excluding hydrogens is 270 g/mol. The first-order valence-corrected chi connectivity index (χ1v) is 8.02. The third kappa shape index (κ3) is 6.16. The van der Waals surface area contributed by atoms with E-state index in [4.69, 9.17) is 14.2 Å².